The molecule has 4 bridgehead atoms. The first-order chi connectivity index (χ1) is 41.3. The van der Waals surface area contributed by atoms with Crippen molar-refractivity contribution in [3.05, 3.63) is 258 Å². The molecule has 0 spiro atoms. The van der Waals surface area contributed by atoms with Crippen LogP contribution in [-0.2, 0) is 0 Å². The van der Waals surface area contributed by atoms with E-state index in [1.165, 1.54) is 155 Å². The molecule has 2 saturated heterocycles. The molecule has 0 radical (unpaired) electrons. The van der Waals surface area contributed by atoms with Crippen LogP contribution in [-0.4, -0.2) is 18.8 Å². The molecule has 18 rings (SSSR count). The summed E-state index contributed by atoms with van der Waals surface area (Å²) in [5.41, 5.74) is 30.5. The first kappa shape index (κ1) is 51.1. The zero-order valence-electron chi connectivity index (χ0n) is 50.1. The zero-order chi connectivity index (χ0) is 57.0. The molecule has 85 heavy (non-hydrogen) atoms. The van der Waals surface area contributed by atoms with Gasteiger partial charge in [0.05, 0.1) is 0 Å². The lowest BCUT2D eigenvalue weighted by Gasteiger charge is -2.58. The third-order valence-corrected chi connectivity index (χ3v) is 21.4. The van der Waals surface area contributed by atoms with Crippen LogP contribution in [0.25, 0.3) is 39.0 Å². The number of hydrogen-bond acceptors (Lipinski definition) is 3. The van der Waals surface area contributed by atoms with E-state index in [0.29, 0.717) is 29.8 Å². The van der Waals surface area contributed by atoms with Crippen molar-refractivity contribution in [2.45, 2.75) is 92.2 Å². The standard InChI is InChI=1S/C81H74BN3/c1-80(2,3)62-41-59-22-23-60-42-63(81(4,5)6)47-70-69(44-61(43-62)77(59)78(60)70)58-28-34-71-74(46-58)85(65-32-26-56(27-33-65)53-18-12-8-13-19-53)76-49-68(83-66-37-50-36-51(39-66)40-67(83)38-50)48-75-79(76)82(71)72-45-57(54-20-14-9-15-21-54)29-35-73(72)84(75)64-30-24-55(25-31-64)52-16-10-7-11-17-52/h7-35,41,43-51,60,66-67,77-78H,36-40,42H2,1-6H3. The van der Waals surface area contributed by atoms with Crippen molar-refractivity contribution in [1.82, 2.24) is 0 Å². The summed E-state index contributed by atoms with van der Waals surface area (Å²) in [7, 11) is 0. The van der Waals surface area contributed by atoms with Gasteiger partial charge in [-0.2, -0.15) is 0 Å². The lowest BCUT2D eigenvalue weighted by molar-refractivity contribution is 0.0900. The van der Waals surface area contributed by atoms with Crippen molar-refractivity contribution in [1.29, 1.82) is 0 Å². The molecule has 6 aliphatic carbocycles. The third-order valence-electron chi connectivity index (χ3n) is 21.4. The number of anilines is 7. The van der Waals surface area contributed by atoms with Crippen molar-refractivity contribution in [2.24, 2.45) is 40.4 Å². The fourth-order valence-corrected chi connectivity index (χ4v) is 17.5. The van der Waals surface area contributed by atoms with Gasteiger partial charge in [0, 0.05) is 63.7 Å². The summed E-state index contributed by atoms with van der Waals surface area (Å²) in [4.78, 5) is 8.29. The summed E-state index contributed by atoms with van der Waals surface area (Å²) < 4.78 is 0. The number of benzene rings is 8. The van der Waals surface area contributed by atoms with Gasteiger partial charge in [-0.3, -0.25) is 0 Å². The van der Waals surface area contributed by atoms with Crippen molar-refractivity contribution in [2.75, 3.05) is 14.7 Å². The van der Waals surface area contributed by atoms with E-state index >= 15 is 0 Å². The van der Waals surface area contributed by atoms with Gasteiger partial charge in [-0.15, -0.1) is 0 Å². The summed E-state index contributed by atoms with van der Waals surface area (Å²) in [6.45, 7) is 14.4. The molecule has 8 aromatic carbocycles. The van der Waals surface area contributed by atoms with E-state index < -0.39 is 0 Å². The molecule has 10 aliphatic rings. The fraction of sp³-hybridized carbons (Fsp3) is 0.259. The monoisotopic (exact) mass is 1100 g/mol. The van der Waals surface area contributed by atoms with Gasteiger partial charge in [0.2, 0.25) is 0 Å². The highest BCUT2D eigenvalue weighted by Crippen LogP contribution is 2.58. The SMILES string of the molecule is CC(C)(C)C1=CC2=CC(c3ccc4c(c3)N(c3ccc(-c5ccccc5)cc3)c3cc(N5C6CC7CC(C6)CC5C7)cc5c3B4c3cc(-c4ccccc4)ccc3N5c3ccc(-c4ccccc4)cc3)=C3C=C(C(C)(C)C)CC4C=CC(=C1)C2C34. The van der Waals surface area contributed by atoms with Gasteiger partial charge in [-0.1, -0.05) is 223 Å². The molecule has 4 heterocycles. The molecular formula is C81H74BN3. The predicted molar refractivity (Wildman–Crippen MR) is 359 cm³/mol. The lowest BCUT2D eigenvalue weighted by Crippen LogP contribution is -2.62. The highest BCUT2D eigenvalue weighted by Gasteiger charge is 2.50. The number of allylic oxidation sites excluding steroid dienone is 12. The van der Waals surface area contributed by atoms with Crippen molar-refractivity contribution in [3.63, 3.8) is 0 Å². The van der Waals surface area contributed by atoms with Crippen LogP contribution in [0.5, 0.6) is 0 Å². The van der Waals surface area contributed by atoms with E-state index in [0.717, 1.165) is 18.3 Å². The number of rotatable bonds is 7. The molecule has 3 nitrogen and oxygen atoms in total. The molecule has 0 amide bonds. The first-order valence-corrected chi connectivity index (χ1v) is 31.8. The second-order valence-corrected chi connectivity index (χ2v) is 28.5. The van der Waals surface area contributed by atoms with Crippen LogP contribution in [0.1, 0.15) is 85.6 Å². The molecular weight excluding hydrogens is 1030 g/mol. The third kappa shape index (κ3) is 8.28. The Bertz CT molecular complexity index is 4210. The largest absolute Gasteiger partial charge is 0.365 e. The second kappa shape index (κ2) is 19.1. The summed E-state index contributed by atoms with van der Waals surface area (Å²) in [6, 6.07) is 73.3. The van der Waals surface area contributed by atoms with E-state index in [2.05, 4.69) is 281 Å². The minimum Gasteiger partial charge on any atom is -0.365 e. The van der Waals surface area contributed by atoms with Crippen molar-refractivity contribution >= 4 is 68.5 Å². The van der Waals surface area contributed by atoms with Crippen LogP contribution >= 0.6 is 0 Å². The maximum absolute atomic E-state index is 2.94. The predicted octanol–water partition coefficient (Wildman–Crippen LogP) is 18.9. The Morgan fingerprint density at radius 3 is 1.54 bits per heavy atom. The van der Waals surface area contributed by atoms with Crippen LogP contribution < -0.4 is 31.1 Å². The van der Waals surface area contributed by atoms with Gasteiger partial charge < -0.3 is 14.7 Å². The van der Waals surface area contributed by atoms with Gasteiger partial charge >= 0.3 is 0 Å². The Labute approximate surface area is 504 Å². The summed E-state index contributed by atoms with van der Waals surface area (Å²) in [5.74, 6) is 2.87. The Kier molecular flexibility index (Phi) is 11.5. The summed E-state index contributed by atoms with van der Waals surface area (Å²) >= 11 is 0. The van der Waals surface area contributed by atoms with Crippen LogP contribution in [0, 0.1) is 40.4 Å². The Morgan fingerprint density at radius 1 is 0.424 bits per heavy atom. The van der Waals surface area contributed by atoms with Gasteiger partial charge in [-0.05, 0) is 199 Å². The topological polar surface area (TPSA) is 9.72 Å². The first-order valence-electron chi connectivity index (χ1n) is 31.8. The Morgan fingerprint density at radius 2 is 0.965 bits per heavy atom. The van der Waals surface area contributed by atoms with E-state index in [-0.39, 0.29) is 17.5 Å². The fourth-order valence-electron chi connectivity index (χ4n) is 17.5. The zero-order valence-corrected chi connectivity index (χ0v) is 50.1. The highest BCUT2D eigenvalue weighted by atomic mass is 15.2. The normalized spacial score (nSPS) is 23.8. The molecule has 4 heteroatoms. The van der Waals surface area contributed by atoms with Crippen LogP contribution in [0.3, 0.4) is 0 Å². The van der Waals surface area contributed by atoms with Gasteiger partial charge in [0.1, 0.15) is 0 Å². The molecule has 4 fully saturated rings. The average Bonchev–Trinajstić information content (AvgIpc) is 0.921. The minimum absolute atomic E-state index is 0.0259. The molecule has 0 aromatic heterocycles. The minimum atomic E-state index is -0.0417. The molecule has 8 aromatic rings. The summed E-state index contributed by atoms with van der Waals surface area (Å²) in [6.07, 6.45) is 23.2. The molecule has 0 N–H and O–H groups in total. The molecule has 2 saturated carbocycles. The Hall–Kier alpha value is -8.34. The molecule has 4 aliphatic heterocycles. The van der Waals surface area contributed by atoms with Crippen LogP contribution in [0.15, 0.2) is 252 Å². The molecule has 3 unspecified atom stereocenters. The molecule has 3 atom stereocenters. The van der Waals surface area contributed by atoms with Crippen LogP contribution in [0.4, 0.5) is 39.8 Å². The highest BCUT2D eigenvalue weighted by molar-refractivity contribution is 7.00. The number of piperidine rings is 2. The van der Waals surface area contributed by atoms with Crippen molar-refractivity contribution in [3.8, 4) is 33.4 Å². The average molecular weight is 1100 g/mol. The number of fused-ring (bicyclic) bond motifs is 4. The lowest BCUT2D eigenvalue weighted by atomic mass is 9.33. The maximum Gasteiger partial charge on any atom is 0.252 e. The van der Waals surface area contributed by atoms with Crippen molar-refractivity contribution < 1.29 is 0 Å². The van der Waals surface area contributed by atoms with Gasteiger partial charge in [-0.25, -0.2) is 0 Å². The summed E-state index contributed by atoms with van der Waals surface area (Å²) in [5, 5.41) is 0. The van der Waals surface area contributed by atoms with Gasteiger partial charge in [0.25, 0.3) is 6.71 Å². The smallest absolute Gasteiger partial charge is 0.252 e. The maximum atomic E-state index is 2.94. The van der Waals surface area contributed by atoms with Gasteiger partial charge in [0.15, 0.2) is 0 Å². The Balaban J connectivity index is 0.938. The quantitative estimate of drug-likeness (QED) is 0.147. The van der Waals surface area contributed by atoms with E-state index in [4.69, 9.17) is 0 Å². The van der Waals surface area contributed by atoms with E-state index in [9.17, 15) is 0 Å². The number of hydrogen-bond donors (Lipinski definition) is 0. The molecule has 416 valence electrons. The van der Waals surface area contributed by atoms with Crippen LogP contribution in [0.2, 0.25) is 0 Å². The number of nitrogens with zero attached hydrogens (tertiary/aromatic N) is 3. The van der Waals surface area contributed by atoms with E-state index in [1.54, 1.807) is 5.57 Å². The van der Waals surface area contributed by atoms with E-state index in [1.807, 2.05) is 0 Å². The second-order valence-electron chi connectivity index (χ2n) is 28.5.